The fraction of sp³-hybridized carbons (Fsp3) is 0.200. The van der Waals surface area contributed by atoms with E-state index in [1.807, 2.05) is 77.9 Å². The summed E-state index contributed by atoms with van der Waals surface area (Å²) >= 11 is 8.00. The molecule has 1 fully saturated rings. The molecular weight excluding hydrogens is 440 g/mol. The molecule has 0 N–H and O–H groups in total. The minimum absolute atomic E-state index is 0.000575. The van der Waals surface area contributed by atoms with Gasteiger partial charge in [-0.25, -0.2) is 4.68 Å². The van der Waals surface area contributed by atoms with Crippen molar-refractivity contribution in [2.45, 2.75) is 6.92 Å². The molecule has 2 aromatic heterocycles. The molecule has 5 rings (SSSR count). The number of para-hydroxylation sites is 1. The van der Waals surface area contributed by atoms with Crippen LogP contribution in [0.3, 0.4) is 0 Å². The first-order chi connectivity index (χ1) is 15.6. The van der Waals surface area contributed by atoms with Crippen molar-refractivity contribution in [1.82, 2.24) is 14.7 Å². The molecule has 0 saturated carbocycles. The van der Waals surface area contributed by atoms with Crippen LogP contribution in [0, 0.1) is 6.92 Å². The van der Waals surface area contributed by atoms with Crippen molar-refractivity contribution < 1.29 is 4.79 Å². The Hall–Kier alpha value is -3.09. The lowest BCUT2D eigenvalue weighted by Gasteiger charge is -2.36. The molecule has 1 aliphatic heterocycles. The number of benzene rings is 2. The summed E-state index contributed by atoms with van der Waals surface area (Å²) < 4.78 is 1.78. The van der Waals surface area contributed by atoms with Crippen LogP contribution >= 0.6 is 22.9 Å². The molecule has 32 heavy (non-hydrogen) atoms. The summed E-state index contributed by atoms with van der Waals surface area (Å²) in [6.07, 6.45) is 0. The van der Waals surface area contributed by atoms with Gasteiger partial charge >= 0.3 is 0 Å². The Morgan fingerprint density at radius 1 is 0.969 bits per heavy atom. The lowest BCUT2D eigenvalue weighted by Crippen LogP contribution is -2.49. The highest BCUT2D eigenvalue weighted by molar-refractivity contribution is 7.13. The number of piperazine rings is 1. The maximum Gasteiger partial charge on any atom is 0.272 e. The minimum Gasteiger partial charge on any atom is -0.367 e. The molecule has 0 spiro atoms. The normalized spacial score (nSPS) is 14.1. The monoisotopic (exact) mass is 462 g/mol. The molecule has 0 atom stereocenters. The van der Waals surface area contributed by atoms with Crippen molar-refractivity contribution in [3.8, 4) is 16.3 Å². The fourth-order valence-corrected chi connectivity index (χ4v) is 4.99. The van der Waals surface area contributed by atoms with E-state index in [-0.39, 0.29) is 5.91 Å². The maximum absolute atomic E-state index is 13.6. The molecular formula is C25H23ClN4OS. The summed E-state index contributed by atoms with van der Waals surface area (Å²) in [6.45, 7) is 4.80. The van der Waals surface area contributed by atoms with Crippen LogP contribution in [-0.2, 0) is 0 Å². The Morgan fingerprint density at radius 3 is 2.50 bits per heavy atom. The van der Waals surface area contributed by atoms with E-state index in [1.165, 1.54) is 0 Å². The van der Waals surface area contributed by atoms with Crippen LogP contribution in [0.2, 0.25) is 5.02 Å². The molecule has 4 aromatic rings. The van der Waals surface area contributed by atoms with E-state index in [4.69, 9.17) is 16.7 Å². The number of aryl methyl sites for hydroxylation is 1. The lowest BCUT2D eigenvalue weighted by molar-refractivity contribution is 0.0737. The van der Waals surface area contributed by atoms with E-state index in [1.54, 1.807) is 16.0 Å². The number of carbonyl (C=O) groups is 1. The van der Waals surface area contributed by atoms with Crippen molar-refractivity contribution in [1.29, 1.82) is 0 Å². The van der Waals surface area contributed by atoms with Crippen molar-refractivity contribution in [2.24, 2.45) is 0 Å². The van der Waals surface area contributed by atoms with Crippen LogP contribution in [0.4, 0.5) is 5.69 Å². The van der Waals surface area contributed by atoms with Gasteiger partial charge in [-0.2, -0.15) is 5.10 Å². The molecule has 0 aliphatic carbocycles. The smallest absolute Gasteiger partial charge is 0.272 e. The Morgan fingerprint density at radius 2 is 1.78 bits per heavy atom. The SMILES string of the molecule is Cc1cccc(-n2nc(-c3cccs3)cc2C(=O)N2CCN(c3ccccc3Cl)CC2)c1. The van der Waals surface area contributed by atoms with Crippen molar-refractivity contribution in [2.75, 3.05) is 31.1 Å². The summed E-state index contributed by atoms with van der Waals surface area (Å²) in [4.78, 5) is 18.8. The number of thiophene rings is 1. The predicted octanol–water partition coefficient (Wildman–Crippen LogP) is 5.53. The van der Waals surface area contributed by atoms with Crippen LogP contribution in [-0.4, -0.2) is 46.8 Å². The Balaban J connectivity index is 1.43. The highest BCUT2D eigenvalue weighted by Crippen LogP contribution is 2.28. The average Bonchev–Trinajstić information content (AvgIpc) is 3.49. The summed E-state index contributed by atoms with van der Waals surface area (Å²) in [6, 6.07) is 21.9. The number of amides is 1. The number of hydrogen-bond acceptors (Lipinski definition) is 4. The third-order valence-electron chi connectivity index (χ3n) is 5.71. The van der Waals surface area contributed by atoms with Gasteiger partial charge in [-0.1, -0.05) is 41.9 Å². The van der Waals surface area contributed by atoms with E-state index in [0.29, 0.717) is 18.8 Å². The van der Waals surface area contributed by atoms with Crippen LogP contribution in [0.1, 0.15) is 16.1 Å². The highest BCUT2D eigenvalue weighted by Gasteiger charge is 2.27. The number of nitrogens with zero attached hydrogens (tertiary/aromatic N) is 4. The van der Waals surface area contributed by atoms with Gasteiger partial charge in [0.25, 0.3) is 5.91 Å². The van der Waals surface area contributed by atoms with Crippen LogP contribution in [0.5, 0.6) is 0 Å². The summed E-state index contributed by atoms with van der Waals surface area (Å²) in [7, 11) is 0. The molecule has 1 amide bonds. The van der Waals surface area contributed by atoms with Crippen molar-refractivity contribution >= 4 is 34.5 Å². The zero-order valence-corrected chi connectivity index (χ0v) is 19.3. The first kappa shape index (κ1) is 20.8. The van der Waals surface area contributed by atoms with E-state index >= 15 is 0 Å². The number of anilines is 1. The average molecular weight is 463 g/mol. The standard InChI is InChI=1S/C25H23ClN4OS/c1-18-6-4-7-19(16-18)30-23(17-21(27-30)24-10-5-15-32-24)25(31)29-13-11-28(12-14-29)22-9-3-2-8-20(22)26/h2-10,15-17H,11-14H2,1H3. The van der Waals surface area contributed by atoms with Crippen LogP contribution < -0.4 is 4.90 Å². The first-order valence-corrected chi connectivity index (χ1v) is 11.9. The first-order valence-electron chi connectivity index (χ1n) is 10.6. The zero-order valence-electron chi connectivity index (χ0n) is 17.7. The summed E-state index contributed by atoms with van der Waals surface area (Å²) in [5.74, 6) is 0.000575. The van der Waals surface area contributed by atoms with E-state index < -0.39 is 0 Å². The van der Waals surface area contributed by atoms with E-state index in [9.17, 15) is 4.79 Å². The van der Waals surface area contributed by atoms with Gasteiger partial charge in [0.1, 0.15) is 11.4 Å². The van der Waals surface area contributed by atoms with Crippen LogP contribution in [0.15, 0.2) is 72.1 Å². The van der Waals surface area contributed by atoms with E-state index in [0.717, 1.165) is 45.6 Å². The predicted molar refractivity (Wildman–Crippen MR) is 131 cm³/mol. The van der Waals surface area contributed by atoms with Gasteiger partial charge in [-0.3, -0.25) is 4.79 Å². The summed E-state index contributed by atoms with van der Waals surface area (Å²) in [5, 5.41) is 7.57. The zero-order chi connectivity index (χ0) is 22.1. The largest absolute Gasteiger partial charge is 0.367 e. The summed E-state index contributed by atoms with van der Waals surface area (Å²) in [5.41, 5.74) is 4.45. The number of hydrogen-bond donors (Lipinski definition) is 0. The second-order valence-corrected chi connectivity index (χ2v) is 9.23. The number of aromatic nitrogens is 2. The molecule has 162 valence electrons. The number of rotatable bonds is 4. The molecule has 1 aliphatic rings. The van der Waals surface area contributed by atoms with E-state index in [2.05, 4.69) is 11.0 Å². The number of halogens is 1. The molecule has 2 aromatic carbocycles. The van der Waals surface area contributed by atoms with Gasteiger partial charge in [0.2, 0.25) is 0 Å². The van der Waals surface area contributed by atoms with Crippen molar-refractivity contribution in [3.63, 3.8) is 0 Å². The highest BCUT2D eigenvalue weighted by atomic mass is 35.5. The van der Waals surface area contributed by atoms with Gasteiger partial charge in [-0.15, -0.1) is 11.3 Å². The topological polar surface area (TPSA) is 41.4 Å². The molecule has 3 heterocycles. The second kappa shape index (κ2) is 8.81. The second-order valence-electron chi connectivity index (χ2n) is 7.87. The lowest BCUT2D eigenvalue weighted by atomic mass is 10.2. The Labute approximate surface area is 196 Å². The molecule has 5 nitrogen and oxygen atoms in total. The molecule has 0 unspecified atom stereocenters. The maximum atomic E-state index is 13.6. The molecule has 0 bridgehead atoms. The Bertz CT molecular complexity index is 1240. The third-order valence-corrected chi connectivity index (χ3v) is 6.92. The number of carbonyl (C=O) groups excluding carboxylic acids is 1. The third kappa shape index (κ3) is 4.04. The van der Waals surface area contributed by atoms with Gasteiger partial charge in [0.15, 0.2) is 0 Å². The van der Waals surface area contributed by atoms with Gasteiger partial charge in [0, 0.05) is 26.2 Å². The van der Waals surface area contributed by atoms with Crippen molar-refractivity contribution in [3.05, 3.63) is 88.4 Å². The molecule has 7 heteroatoms. The molecule has 1 saturated heterocycles. The van der Waals surface area contributed by atoms with Crippen LogP contribution in [0.25, 0.3) is 16.3 Å². The minimum atomic E-state index is 0.000575. The fourth-order valence-electron chi connectivity index (χ4n) is 4.06. The van der Waals surface area contributed by atoms with Gasteiger partial charge in [0.05, 0.1) is 21.3 Å². The van der Waals surface area contributed by atoms with Gasteiger partial charge < -0.3 is 9.80 Å². The quantitative estimate of drug-likeness (QED) is 0.400. The van der Waals surface area contributed by atoms with Gasteiger partial charge in [-0.05, 0) is 54.3 Å². The Kier molecular flexibility index (Phi) is 5.72. The molecule has 0 radical (unpaired) electrons.